The molecule has 162 valence electrons. The number of nitrogens with zero attached hydrogens (tertiary/aromatic N) is 1. The Hall–Kier alpha value is -3.12. The monoisotopic (exact) mass is 436 g/mol. The van der Waals surface area contributed by atoms with Gasteiger partial charge in [0.25, 0.3) is 5.91 Å². The minimum absolute atomic E-state index is 0.197. The molecule has 0 unspecified atom stereocenters. The molecule has 0 aliphatic rings. The number of carbonyl (C=O) groups is 1. The van der Waals surface area contributed by atoms with Crippen LogP contribution in [0.5, 0.6) is 0 Å². The van der Waals surface area contributed by atoms with Gasteiger partial charge < -0.3 is 5.32 Å². The third-order valence-electron chi connectivity index (χ3n) is 5.34. The van der Waals surface area contributed by atoms with Gasteiger partial charge in [-0.1, -0.05) is 30.3 Å². The third kappa shape index (κ3) is 5.52. The Kier molecular flexibility index (Phi) is 6.51. The minimum Gasteiger partial charge on any atom is -0.322 e. The average Bonchev–Trinajstić information content (AvgIpc) is 2.70. The summed E-state index contributed by atoms with van der Waals surface area (Å²) in [5.74, 6) is -0.204. The first-order valence-corrected chi connectivity index (χ1v) is 11.9. The van der Waals surface area contributed by atoms with Crippen LogP contribution in [0.1, 0.15) is 38.2 Å². The van der Waals surface area contributed by atoms with Gasteiger partial charge in [-0.05, 0) is 85.8 Å². The summed E-state index contributed by atoms with van der Waals surface area (Å²) in [6.07, 6.45) is 1.21. The molecule has 0 saturated heterocycles. The van der Waals surface area contributed by atoms with E-state index in [9.17, 15) is 13.2 Å². The molecule has 0 spiro atoms. The van der Waals surface area contributed by atoms with E-state index < -0.39 is 10.0 Å². The number of anilines is 2. The fraction of sp³-hybridized carbons (Fsp3) is 0.240. The maximum atomic E-state index is 12.6. The van der Waals surface area contributed by atoms with Crippen molar-refractivity contribution in [2.45, 2.75) is 34.2 Å². The zero-order chi connectivity index (χ0) is 22.8. The maximum absolute atomic E-state index is 12.6. The number of hydrogen-bond acceptors (Lipinski definition) is 3. The van der Waals surface area contributed by atoms with Gasteiger partial charge in [0.2, 0.25) is 10.0 Å². The molecule has 0 bridgehead atoms. The van der Waals surface area contributed by atoms with Crippen LogP contribution in [-0.4, -0.2) is 20.6 Å². The minimum atomic E-state index is -3.48. The lowest BCUT2D eigenvalue weighted by atomic mass is 10.1. The van der Waals surface area contributed by atoms with Crippen LogP contribution >= 0.6 is 0 Å². The number of carbonyl (C=O) groups excluding carboxylic acids is 1. The average molecular weight is 437 g/mol. The van der Waals surface area contributed by atoms with Crippen LogP contribution in [0.2, 0.25) is 0 Å². The highest BCUT2D eigenvalue weighted by atomic mass is 32.2. The highest BCUT2D eigenvalue weighted by Crippen LogP contribution is 2.26. The van der Waals surface area contributed by atoms with Gasteiger partial charge in [-0.15, -0.1) is 0 Å². The van der Waals surface area contributed by atoms with Crippen molar-refractivity contribution in [1.82, 2.24) is 0 Å². The molecule has 5 nitrogen and oxygen atoms in total. The van der Waals surface area contributed by atoms with Gasteiger partial charge in [-0.25, -0.2) is 8.42 Å². The molecule has 0 aromatic heterocycles. The third-order valence-corrected chi connectivity index (χ3v) is 6.47. The highest BCUT2D eigenvalue weighted by molar-refractivity contribution is 7.92. The van der Waals surface area contributed by atoms with Crippen molar-refractivity contribution in [1.29, 1.82) is 0 Å². The number of amides is 1. The molecule has 1 amide bonds. The Morgan fingerprint density at radius 2 is 1.48 bits per heavy atom. The van der Waals surface area contributed by atoms with E-state index in [-0.39, 0.29) is 12.5 Å². The molecule has 3 aromatic carbocycles. The van der Waals surface area contributed by atoms with Crippen LogP contribution in [0.4, 0.5) is 11.4 Å². The van der Waals surface area contributed by atoms with Crippen molar-refractivity contribution in [3.05, 3.63) is 94.0 Å². The van der Waals surface area contributed by atoms with Gasteiger partial charge in [-0.3, -0.25) is 9.10 Å². The Balaban J connectivity index is 1.80. The summed E-state index contributed by atoms with van der Waals surface area (Å²) in [4.78, 5) is 12.6. The molecular formula is C25H28N2O3S. The fourth-order valence-electron chi connectivity index (χ4n) is 3.32. The molecule has 0 atom stereocenters. The Labute approximate surface area is 184 Å². The van der Waals surface area contributed by atoms with Gasteiger partial charge in [-0.2, -0.15) is 0 Å². The van der Waals surface area contributed by atoms with Crippen LogP contribution in [0.3, 0.4) is 0 Å². The van der Waals surface area contributed by atoms with E-state index in [1.165, 1.54) is 16.1 Å². The second-order valence-electron chi connectivity index (χ2n) is 8.01. The van der Waals surface area contributed by atoms with E-state index in [1.807, 2.05) is 64.1 Å². The quantitative estimate of drug-likeness (QED) is 0.582. The SMILES string of the molecule is Cc1ccc(C)c(N(Cc2ccc(C(=O)Nc3ccc(C)c(C)c3)cc2)S(C)(=O)=O)c1. The summed E-state index contributed by atoms with van der Waals surface area (Å²) in [5.41, 5.74) is 6.89. The lowest BCUT2D eigenvalue weighted by Gasteiger charge is -2.25. The van der Waals surface area contributed by atoms with E-state index in [1.54, 1.807) is 24.3 Å². The fourth-order valence-corrected chi connectivity index (χ4v) is 4.26. The van der Waals surface area contributed by atoms with Crippen molar-refractivity contribution in [2.75, 3.05) is 15.9 Å². The summed E-state index contributed by atoms with van der Waals surface area (Å²) in [6.45, 7) is 8.06. The van der Waals surface area contributed by atoms with Crippen molar-refractivity contribution in [2.24, 2.45) is 0 Å². The van der Waals surface area contributed by atoms with Crippen LogP contribution in [0, 0.1) is 27.7 Å². The van der Waals surface area contributed by atoms with Gasteiger partial charge >= 0.3 is 0 Å². The van der Waals surface area contributed by atoms with E-state index in [0.29, 0.717) is 11.3 Å². The Morgan fingerprint density at radius 3 is 2.10 bits per heavy atom. The summed E-state index contributed by atoms with van der Waals surface area (Å²) in [7, 11) is -3.48. The van der Waals surface area contributed by atoms with E-state index in [4.69, 9.17) is 0 Å². The second kappa shape index (κ2) is 8.94. The number of sulfonamides is 1. The largest absolute Gasteiger partial charge is 0.322 e. The first kappa shape index (κ1) is 22.6. The standard InChI is InChI=1S/C25H28N2O3S/c1-17-6-7-19(3)24(14-17)27(31(5,29)30)16-21-9-11-22(12-10-21)25(28)26-23-13-8-18(2)20(4)15-23/h6-15H,16H2,1-5H3,(H,26,28). The van der Waals surface area contributed by atoms with E-state index >= 15 is 0 Å². The molecule has 0 heterocycles. The highest BCUT2D eigenvalue weighted by Gasteiger charge is 2.20. The zero-order valence-corrected chi connectivity index (χ0v) is 19.4. The zero-order valence-electron chi connectivity index (χ0n) is 18.6. The summed E-state index contributed by atoms with van der Waals surface area (Å²) in [6, 6.07) is 18.6. The van der Waals surface area contributed by atoms with Crippen LogP contribution < -0.4 is 9.62 Å². The predicted octanol–water partition coefficient (Wildman–Crippen LogP) is 5.14. The molecule has 0 aliphatic carbocycles. The molecule has 1 N–H and O–H groups in total. The van der Waals surface area contributed by atoms with Gasteiger partial charge in [0.15, 0.2) is 0 Å². The van der Waals surface area contributed by atoms with Crippen molar-refractivity contribution in [3.63, 3.8) is 0 Å². The van der Waals surface area contributed by atoms with Gasteiger partial charge in [0.05, 0.1) is 18.5 Å². The van der Waals surface area contributed by atoms with Crippen LogP contribution in [-0.2, 0) is 16.6 Å². The van der Waals surface area contributed by atoms with Crippen molar-refractivity contribution >= 4 is 27.3 Å². The Morgan fingerprint density at radius 1 is 0.839 bits per heavy atom. The maximum Gasteiger partial charge on any atom is 0.255 e. The molecular weight excluding hydrogens is 408 g/mol. The smallest absolute Gasteiger partial charge is 0.255 e. The summed E-state index contributed by atoms with van der Waals surface area (Å²) in [5, 5.41) is 2.91. The molecule has 0 fully saturated rings. The van der Waals surface area contributed by atoms with Crippen molar-refractivity contribution in [3.8, 4) is 0 Å². The van der Waals surface area contributed by atoms with Crippen molar-refractivity contribution < 1.29 is 13.2 Å². The molecule has 3 aromatic rings. The molecule has 0 aliphatic heterocycles. The van der Waals surface area contributed by atoms with Gasteiger partial charge in [0.1, 0.15) is 0 Å². The lowest BCUT2D eigenvalue weighted by molar-refractivity contribution is 0.102. The van der Waals surface area contributed by atoms with Gasteiger partial charge in [0, 0.05) is 11.3 Å². The normalized spacial score (nSPS) is 11.3. The number of hydrogen-bond donors (Lipinski definition) is 1. The predicted molar refractivity (Wildman–Crippen MR) is 127 cm³/mol. The first-order valence-electron chi connectivity index (χ1n) is 10.1. The van der Waals surface area contributed by atoms with Crippen LogP contribution in [0.15, 0.2) is 60.7 Å². The molecule has 0 radical (unpaired) electrons. The first-order chi connectivity index (χ1) is 14.5. The summed E-state index contributed by atoms with van der Waals surface area (Å²) < 4.78 is 26.4. The lowest BCUT2D eigenvalue weighted by Crippen LogP contribution is -2.30. The number of benzene rings is 3. The van der Waals surface area contributed by atoms with Crippen LogP contribution in [0.25, 0.3) is 0 Å². The molecule has 0 saturated carbocycles. The number of nitrogens with one attached hydrogen (secondary N) is 1. The topological polar surface area (TPSA) is 66.5 Å². The number of aryl methyl sites for hydroxylation is 4. The summed E-state index contributed by atoms with van der Waals surface area (Å²) >= 11 is 0. The van der Waals surface area contributed by atoms with E-state index in [2.05, 4.69) is 5.32 Å². The molecule has 3 rings (SSSR count). The molecule has 6 heteroatoms. The molecule has 31 heavy (non-hydrogen) atoms. The van der Waals surface area contributed by atoms with E-state index in [0.717, 1.165) is 27.9 Å². The Bertz CT molecular complexity index is 1220. The number of rotatable bonds is 6. The second-order valence-corrected chi connectivity index (χ2v) is 9.92.